The van der Waals surface area contributed by atoms with Gasteiger partial charge in [-0.1, -0.05) is 65.2 Å². The maximum absolute atomic E-state index is 11.1. The van der Waals surface area contributed by atoms with Crippen molar-refractivity contribution in [2.24, 2.45) is 45.3 Å². The molecule has 0 saturated heterocycles. The van der Waals surface area contributed by atoms with Gasteiger partial charge in [-0.05, 0) is 23.7 Å². The molecule has 4 aliphatic carbocycles. The molecule has 0 amide bonds. The molecule has 0 heterocycles. The fourth-order valence-corrected chi connectivity index (χ4v) is 5.52. The summed E-state index contributed by atoms with van der Waals surface area (Å²) in [4.78, 5) is 22.2. The van der Waals surface area contributed by atoms with Gasteiger partial charge in [0.25, 0.3) is 0 Å². The van der Waals surface area contributed by atoms with Crippen LogP contribution in [-0.4, -0.2) is 49.7 Å². The van der Waals surface area contributed by atoms with Gasteiger partial charge in [-0.3, -0.25) is 0 Å². The second kappa shape index (κ2) is 6.69. The largest absolute Gasteiger partial charge is 2.00 e. The van der Waals surface area contributed by atoms with Crippen molar-refractivity contribution in [1.29, 1.82) is 0 Å². The number of hydrogen-bond acceptors (Lipinski definition) is 4. The predicted octanol–water partition coefficient (Wildman–Crippen LogP) is 0.463. The molecule has 5 heteroatoms. The van der Waals surface area contributed by atoms with Crippen LogP contribution in [-0.2, 0) is 9.59 Å². The van der Waals surface area contributed by atoms with Crippen LogP contribution in [0.4, 0.5) is 0 Å². The third kappa shape index (κ3) is 2.87. The molecule has 0 aromatic heterocycles. The van der Waals surface area contributed by atoms with E-state index in [9.17, 15) is 19.8 Å². The van der Waals surface area contributed by atoms with Gasteiger partial charge in [0.15, 0.2) is 0 Å². The zero-order chi connectivity index (χ0) is 19.7. The summed E-state index contributed by atoms with van der Waals surface area (Å²) in [5.41, 5.74) is -1.69. The summed E-state index contributed by atoms with van der Waals surface area (Å²) in [6, 6.07) is 0. The maximum atomic E-state index is 11.1. The number of carboxylic acid groups (broad SMARTS) is 2. The quantitative estimate of drug-likeness (QED) is 0.504. The van der Waals surface area contributed by atoms with E-state index in [1.165, 1.54) is 0 Å². The Bertz CT molecular complexity index is 738. The molecule has 0 aromatic rings. The van der Waals surface area contributed by atoms with E-state index >= 15 is 0 Å². The minimum absolute atomic E-state index is 0. The van der Waals surface area contributed by atoms with Gasteiger partial charge >= 0.3 is 37.7 Å². The topological polar surface area (TPSA) is 80.3 Å². The van der Waals surface area contributed by atoms with Crippen LogP contribution in [0, 0.1) is 69.0 Å². The molecule has 4 rings (SSSR count). The summed E-state index contributed by atoms with van der Waals surface area (Å²) in [5.74, 6) is 10.8. The average Bonchev–Trinajstić information content (AvgIpc) is 3.24. The van der Waals surface area contributed by atoms with E-state index in [0.717, 1.165) is 0 Å². The smallest absolute Gasteiger partial charge is 0.549 e. The van der Waals surface area contributed by atoms with Crippen molar-refractivity contribution in [3.63, 3.8) is 0 Å². The fourth-order valence-electron chi connectivity index (χ4n) is 5.52. The molecule has 0 spiro atoms. The van der Waals surface area contributed by atoms with Crippen LogP contribution in [0.3, 0.4) is 0 Å². The Balaban J connectivity index is 0.000000187. The zero-order valence-corrected chi connectivity index (χ0v) is 19.3. The molecule has 0 aliphatic heterocycles. The van der Waals surface area contributed by atoms with Crippen LogP contribution in [0.15, 0.2) is 0 Å². The van der Waals surface area contributed by atoms with Crippen LogP contribution >= 0.6 is 0 Å². The Morgan fingerprint density at radius 1 is 0.741 bits per heavy atom. The van der Waals surface area contributed by atoms with Gasteiger partial charge in [0.05, 0.1) is 0 Å². The summed E-state index contributed by atoms with van der Waals surface area (Å²) in [6.45, 7) is 11.8. The van der Waals surface area contributed by atoms with Crippen LogP contribution in [0.2, 0.25) is 0 Å². The second-order valence-corrected chi connectivity index (χ2v) is 9.61. The monoisotopic (exact) mass is 394 g/mol. The number of rotatable bonds is 2. The Kier molecular flexibility index (Phi) is 5.60. The van der Waals surface area contributed by atoms with Crippen molar-refractivity contribution < 1.29 is 19.8 Å². The summed E-state index contributed by atoms with van der Waals surface area (Å²) in [6.07, 6.45) is 1.31. The molecular weight excluding hydrogens is 368 g/mol. The standard InChI is InChI=1S/2C11H14O2.Ca/c2*1-7-4-5-8-10(2,3)11(8,6-7)9(12)13;/h2*7-8H,6H2,1-3H3,(H,12,13);/q;;+2/p-2. The first-order chi connectivity index (χ1) is 11.9. The number of carbonyl (C=O) groups excluding carboxylic acids is 2. The Hall–Kier alpha value is -0.680. The molecule has 0 aromatic carbocycles. The van der Waals surface area contributed by atoms with Crippen molar-refractivity contribution in [2.45, 2.75) is 54.4 Å². The Labute approximate surface area is 191 Å². The number of aliphatic carboxylic acids is 2. The molecule has 4 aliphatic rings. The molecule has 0 N–H and O–H groups in total. The van der Waals surface area contributed by atoms with E-state index in [1.54, 1.807) is 0 Å². The molecule has 6 unspecified atom stereocenters. The third-order valence-electron chi connectivity index (χ3n) is 7.49. The van der Waals surface area contributed by atoms with Crippen molar-refractivity contribution in [3.05, 3.63) is 0 Å². The van der Waals surface area contributed by atoms with Gasteiger partial charge in [0, 0.05) is 46.4 Å². The van der Waals surface area contributed by atoms with Crippen molar-refractivity contribution in [1.82, 2.24) is 0 Å². The second-order valence-electron chi connectivity index (χ2n) is 9.61. The summed E-state index contributed by atoms with van der Waals surface area (Å²) in [5, 5.41) is 22.2. The Morgan fingerprint density at radius 3 is 1.26 bits per heavy atom. The molecule has 2 fully saturated rings. The van der Waals surface area contributed by atoms with E-state index in [4.69, 9.17) is 0 Å². The van der Waals surface area contributed by atoms with Gasteiger partial charge in [-0.25, -0.2) is 0 Å². The molecule has 6 atom stereocenters. The number of hydrogen-bond donors (Lipinski definition) is 0. The van der Waals surface area contributed by atoms with Crippen molar-refractivity contribution >= 4 is 49.7 Å². The van der Waals surface area contributed by atoms with Crippen LogP contribution in [0.1, 0.15) is 54.4 Å². The van der Waals surface area contributed by atoms with Crippen LogP contribution in [0.5, 0.6) is 0 Å². The first-order valence-electron chi connectivity index (χ1n) is 9.30. The molecule has 0 bridgehead atoms. The molecule has 4 nitrogen and oxygen atoms in total. The summed E-state index contributed by atoms with van der Waals surface area (Å²) in [7, 11) is 0. The molecule has 0 radical (unpaired) electrons. The van der Waals surface area contributed by atoms with Crippen molar-refractivity contribution in [2.75, 3.05) is 0 Å². The predicted molar refractivity (Wildman–Crippen MR) is 98.3 cm³/mol. The molecular formula is C22H26CaO4. The molecule has 140 valence electrons. The first-order valence-corrected chi connectivity index (χ1v) is 9.30. The average molecular weight is 395 g/mol. The van der Waals surface area contributed by atoms with Crippen LogP contribution in [0.25, 0.3) is 0 Å². The third-order valence-corrected chi connectivity index (χ3v) is 7.49. The molecule has 27 heavy (non-hydrogen) atoms. The van der Waals surface area contributed by atoms with Gasteiger partial charge < -0.3 is 19.8 Å². The van der Waals surface area contributed by atoms with E-state index in [2.05, 4.69) is 23.7 Å². The number of fused-ring (bicyclic) bond motifs is 2. The maximum Gasteiger partial charge on any atom is 2.00 e. The minimum Gasteiger partial charge on any atom is -0.549 e. The van der Waals surface area contributed by atoms with Gasteiger partial charge in [0.2, 0.25) is 0 Å². The van der Waals surface area contributed by atoms with E-state index in [1.807, 2.05) is 41.5 Å². The van der Waals surface area contributed by atoms with E-state index in [0.29, 0.717) is 12.8 Å². The van der Waals surface area contributed by atoms with E-state index in [-0.39, 0.29) is 72.2 Å². The van der Waals surface area contributed by atoms with Crippen LogP contribution < -0.4 is 10.2 Å². The molecule has 2 saturated carbocycles. The SMILES string of the molecule is CC1C#CC2C(C)(C)C2(C(=O)[O-])C1.CC1C#CC2C(C)(C)C2(C(=O)[O-])C1.[Ca+2]. The normalized spacial score (nSPS) is 42.6. The summed E-state index contributed by atoms with van der Waals surface area (Å²) < 4.78 is 0. The first kappa shape index (κ1) is 22.6. The fraction of sp³-hybridized carbons (Fsp3) is 0.727. The summed E-state index contributed by atoms with van der Waals surface area (Å²) >= 11 is 0. The zero-order valence-electron chi connectivity index (χ0n) is 17.1. The van der Waals surface area contributed by atoms with E-state index < -0.39 is 22.8 Å². The van der Waals surface area contributed by atoms with Gasteiger partial charge in [-0.2, -0.15) is 0 Å². The number of carbonyl (C=O) groups is 2. The Morgan fingerprint density at radius 2 is 1.04 bits per heavy atom. The van der Waals surface area contributed by atoms with Crippen molar-refractivity contribution in [3.8, 4) is 23.7 Å². The minimum atomic E-state index is -0.914. The number of carboxylic acids is 2. The van der Waals surface area contributed by atoms with Gasteiger partial charge in [-0.15, -0.1) is 0 Å². The van der Waals surface area contributed by atoms with Gasteiger partial charge in [0.1, 0.15) is 0 Å².